The number of pyridine rings is 1. The van der Waals surface area contributed by atoms with Crippen LogP contribution in [0.2, 0.25) is 0 Å². The molecule has 2 N–H and O–H groups in total. The van der Waals surface area contributed by atoms with Crippen molar-refractivity contribution in [1.82, 2.24) is 10.3 Å². The van der Waals surface area contributed by atoms with E-state index in [1.54, 1.807) is 13.3 Å². The molecule has 1 aromatic heterocycles. The summed E-state index contributed by atoms with van der Waals surface area (Å²) in [5, 5.41) is 13.2. The van der Waals surface area contributed by atoms with Gasteiger partial charge in [0, 0.05) is 42.0 Å². The van der Waals surface area contributed by atoms with Crippen molar-refractivity contribution < 1.29 is 9.84 Å². The highest BCUT2D eigenvalue weighted by Crippen LogP contribution is 2.24. The predicted molar refractivity (Wildman–Crippen MR) is 73.1 cm³/mol. The van der Waals surface area contributed by atoms with Gasteiger partial charge in [-0.15, -0.1) is 0 Å². The maximum absolute atomic E-state index is 9.97. The molecule has 0 bridgehead atoms. The second kappa shape index (κ2) is 6.71. The zero-order valence-electron chi connectivity index (χ0n) is 11.9. The van der Waals surface area contributed by atoms with Crippen molar-refractivity contribution >= 4 is 0 Å². The fourth-order valence-corrected chi connectivity index (χ4v) is 1.94. The Morgan fingerprint density at radius 1 is 1.39 bits per heavy atom. The van der Waals surface area contributed by atoms with Crippen LogP contribution in [-0.2, 0) is 6.42 Å². The lowest BCUT2D eigenvalue weighted by Gasteiger charge is -2.16. The lowest BCUT2D eigenvalue weighted by molar-refractivity contribution is 0.167. The van der Waals surface area contributed by atoms with Gasteiger partial charge in [0.15, 0.2) is 0 Å². The van der Waals surface area contributed by atoms with Crippen LogP contribution >= 0.6 is 0 Å². The molecule has 0 radical (unpaired) electrons. The fraction of sp³-hybridized carbons (Fsp3) is 0.643. The van der Waals surface area contributed by atoms with Gasteiger partial charge in [-0.3, -0.25) is 4.98 Å². The van der Waals surface area contributed by atoms with Crippen molar-refractivity contribution in [2.45, 2.75) is 46.3 Å². The highest BCUT2D eigenvalue weighted by Gasteiger charge is 2.13. The van der Waals surface area contributed by atoms with Gasteiger partial charge in [0.1, 0.15) is 5.75 Å². The Morgan fingerprint density at radius 3 is 2.61 bits per heavy atom. The van der Waals surface area contributed by atoms with Crippen LogP contribution in [-0.4, -0.2) is 35.9 Å². The average molecular weight is 252 g/mol. The molecule has 1 unspecified atom stereocenters. The van der Waals surface area contributed by atoms with Crippen LogP contribution in [0, 0.1) is 13.8 Å². The van der Waals surface area contributed by atoms with E-state index in [4.69, 9.17) is 4.74 Å². The third-order valence-corrected chi connectivity index (χ3v) is 2.94. The summed E-state index contributed by atoms with van der Waals surface area (Å²) >= 11 is 0. The summed E-state index contributed by atoms with van der Waals surface area (Å²) in [6.07, 6.45) is 1.91. The number of ether oxygens (including phenoxy) is 1. The number of aliphatic hydroxyl groups is 1. The molecule has 1 aromatic rings. The summed E-state index contributed by atoms with van der Waals surface area (Å²) in [4.78, 5) is 4.39. The Labute approximate surface area is 109 Å². The van der Waals surface area contributed by atoms with E-state index < -0.39 is 6.10 Å². The molecule has 4 heteroatoms. The minimum absolute atomic E-state index is 0.376. The number of nitrogens with one attached hydrogen (secondary N) is 1. The molecular weight excluding hydrogens is 228 g/mol. The van der Waals surface area contributed by atoms with Gasteiger partial charge in [-0.2, -0.15) is 0 Å². The quantitative estimate of drug-likeness (QED) is 0.807. The van der Waals surface area contributed by atoms with Crippen LogP contribution in [0.5, 0.6) is 5.75 Å². The minimum Gasteiger partial charge on any atom is -0.496 e. The van der Waals surface area contributed by atoms with Crippen LogP contribution in [0.4, 0.5) is 0 Å². The summed E-state index contributed by atoms with van der Waals surface area (Å²) in [5.74, 6) is 0.865. The topological polar surface area (TPSA) is 54.4 Å². The van der Waals surface area contributed by atoms with Crippen molar-refractivity contribution in [1.29, 1.82) is 0 Å². The lowest BCUT2D eigenvalue weighted by atomic mass is 10.1. The van der Waals surface area contributed by atoms with Gasteiger partial charge >= 0.3 is 0 Å². The molecule has 0 aliphatic rings. The molecule has 1 rings (SSSR count). The Hall–Kier alpha value is -1.13. The van der Waals surface area contributed by atoms with E-state index in [0.717, 1.165) is 22.6 Å². The smallest absolute Gasteiger partial charge is 0.128 e. The molecule has 0 saturated heterocycles. The summed E-state index contributed by atoms with van der Waals surface area (Å²) in [5.41, 5.74) is 2.94. The maximum Gasteiger partial charge on any atom is 0.128 e. The lowest BCUT2D eigenvalue weighted by Crippen LogP contribution is -2.33. The highest BCUT2D eigenvalue weighted by atomic mass is 16.5. The van der Waals surface area contributed by atoms with Crippen LogP contribution < -0.4 is 10.1 Å². The summed E-state index contributed by atoms with van der Waals surface area (Å²) in [6, 6.07) is 0.376. The van der Waals surface area contributed by atoms with Crippen LogP contribution in [0.1, 0.15) is 30.7 Å². The number of nitrogens with zero attached hydrogens (tertiary/aromatic N) is 1. The number of aryl methyl sites for hydroxylation is 1. The third kappa shape index (κ3) is 3.96. The zero-order chi connectivity index (χ0) is 13.7. The van der Waals surface area contributed by atoms with E-state index >= 15 is 0 Å². The molecule has 0 amide bonds. The summed E-state index contributed by atoms with van der Waals surface area (Å²) in [6.45, 7) is 8.65. The van der Waals surface area contributed by atoms with Gasteiger partial charge in [0.05, 0.1) is 13.2 Å². The SMILES string of the molecule is COc1c(C)cnc(CC(O)CNC(C)C)c1C. The Morgan fingerprint density at radius 2 is 2.06 bits per heavy atom. The first-order chi connectivity index (χ1) is 8.45. The van der Waals surface area contributed by atoms with Gasteiger partial charge < -0.3 is 15.2 Å². The van der Waals surface area contributed by atoms with E-state index in [-0.39, 0.29) is 0 Å². The minimum atomic E-state index is -0.425. The van der Waals surface area contributed by atoms with E-state index in [9.17, 15) is 5.11 Å². The molecule has 1 atom stereocenters. The normalized spacial score (nSPS) is 12.8. The summed E-state index contributed by atoms with van der Waals surface area (Å²) < 4.78 is 5.36. The van der Waals surface area contributed by atoms with Gasteiger partial charge in [0.2, 0.25) is 0 Å². The van der Waals surface area contributed by atoms with Gasteiger partial charge in [-0.05, 0) is 13.8 Å². The largest absolute Gasteiger partial charge is 0.496 e. The average Bonchev–Trinajstić information content (AvgIpc) is 2.31. The molecule has 102 valence electrons. The molecule has 0 aromatic carbocycles. The van der Waals surface area contributed by atoms with Crippen LogP contribution in [0.15, 0.2) is 6.20 Å². The molecule has 0 aliphatic carbocycles. The predicted octanol–water partition coefficient (Wildman–Crippen LogP) is 1.61. The molecule has 0 fully saturated rings. The maximum atomic E-state index is 9.97. The third-order valence-electron chi connectivity index (χ3n) is 2.94. The number of aliphatic hydroxyl groups excluding tert-OH is 1. The van der Waals surface area contributed by atoms with Crippen molar-refractivity contribution in [3.05, 3.63) is 23.0 Å². The number of methoxy groups -OCH3 is 1. The zero-order valence-corrected chi connectivity index (χ0v) is 11.9. The Balaban J connectivity index is 2.73. The van der Waals surface area contributed by atoms with Crippen molar-refractivity contribution in [3.63, 3.8) is 0 Å². The van der Waals surface area contributed by atoms with Gasteiger partial charge in [0.25, 0.3) is 0 Å². The van der Waals surface area contributed by atoms with Crippen molar-refractivity contribution in [2.75, 3.05) is 13.7 Å². The van der Waals surface area contributed by atoms with Gasteiger partial charge in [-0.1, -0.05) is 13.8 Å². The van der Waals surface area contributed by atoms with E-state index in [1.165, 1.54) is 0 Å². The first kappa shape index (κ1) is 14.9. The standard InChI is InChI=1S/C14H24N2O2/c1-9(2)15-8-12(17)6-13-11(4)14(18-5)10(3)7-16-13/h7,9,12,15,17H,6,8H2,1-5H3. The van der Waals surface area contributed by atoms with Crippen LogP contribution in [0.3, 0.4) is 0 Å². The van der Waals surface area contributed by atoms with Crippen molar-refractivity contribution in [2.24, 2.45) is 0 Å². The highest BCUT2D eigenvalue weighted by molar-refractivity contribution is 5.41. The van der Waals surface area contributed by atoms with E-state index in [0.29, 0.717) is 19.0 Å². The molecule has 4 nitrogen and oxygen atoms in total. The second-order valence-electron chi connectivity index (χ2n) is 4.97. The molecule has 0 spiro atoms. The second-order valence-corrected chi connectivity index (χ2v) is 4.97. The van der Waals surface area contributed by atoms with E-state index in [2.05, 4.69) is 24.1 Å². The molecular formula is C14H24N2O2. The number of rotatable bonds is 6. The number of hydrogen-bond donors (Lipinski definition) is 2. The van der Waals surface area contributed by atoms with Crippen molar-refractivity contribution in [3.8, 4) is 5.75 Å². The molecule has 18 heavy (non-hydrogen) atoms. The number of hydrogen-bond acceptors (Lipinski definition) is 4. The first-order valence-corrected chi connectivity index (χ1v) is 6.36. The van der Waals surface area contributed by atoms with Gasteiger partial charge in [-0.25, -0.2) is 0 Å². The molecule has 1 heterocycles. The monoisotopic (exact) mass is 252 g/mol. The number of aromatic nitrogens is 1. The summed E-state index contributed by atoms with van der Waals surface area (Å²) in [7, 11) is 1.66. The Kier molecular flexibility index (Phi) is 5.56. The molecule has 0 aliphatic heterocycles. The first-order valence-electron chi connectivity index (χ1n) is 6.36. The van der Waals surface area contributed by atoms with E-state index in [1.807, 2.05) is 13.8 Å². The molecule has 0 saturated carbocycles. The fourth-order valence-electron chi connectivity index (χ4n) is 1.94. The van der Waals surface area contributed by atoms with Crippen LogP contribution in [0.25, 0.3) is 0 Å². The Bertz CT molecular complexity index is 392.